The molecule has 0 aromatic carbocycles. The van der Waals surface area contributed by atoms with Gasteiger partial charge in [-0.3, -0.25) is 19.6 Å². The summed E-state index contributed by atoms with van der Waals surface area (Å²) >= 11 is 0. The molecule has 0 fully saturated rings. The van der Waals surface area contributed by atoms with E-state index in [0.717, 1.165) is 6.42 Å². The highest BCUT2D eigenvalue weighted by Crippen LogP contribution is 2.05. The zero-order valence-electron chi connectivity index (χ0n) is 8.94. The van der Waals surface area contributed by atoms with E-state index < -0.39 is 17.9 Å². The van der Waals surface area contributed by atoms with Gasteiger partial charge in [0.05, 0.1) is 0 Å². The number of carbonyl (C=O) groups excluding carboxylic acids is 3. The van der Waals surface area contributed by atoms with Crippen LogP contribution in [0.4, 0.5) is 0 Å². The Bertz CT molecular complexity index is 245. The number of hydroxylamine groups is 1. The maximum Gasteiger partial charge on any atom is 0.243 e. The highest BCUT2D eigenvalue weighted by molar-refractivity contribution is 5.81. The highest BCUT2D eigenvalue weighted by atomic mass is 16.5. The minimum Gasteiger partial charge on any atom is -0.368 e. The van der Waals surface area contributed by atoms with E-state index in [1.165, 1.54) is 5.48 Å². The summed E-state index contributed by atoms with van der Waals surface area (Å²) in [6.07, 6.45) is 3.13. The van der Waals surface area contributed by atoms with Gasteiger partial charge >= 0.3 is 0 Å². The van der Waals surface area contributed by atoms with E-state index in [0.29, 0.717) is 25.7 Å². The fraction of sp³-hybridized carbons (Fsp3) is 0.667. The molecule has 0 aromatic rings. The van der Waals surface area contributed by atoms with Crippen molar-refractivity contribution in [2.75, 3.05) is 0 Å². The van der Waals surface area contributed by atoms with E-state index >= 15 is 0 Å². The third kappa shape index (κ3) is 6.77. The first-order valence-electron chi connectivity index (χ1n) is 5.03. The summed E-state index contributed by atoms with van der Waals surface area (Å²) in [7, 11) is 0. The Hall–Kier alpha value is -1.63. The molecule has 5 N–H and O–H groups in total. The predicted molar refractivity (Wildman–Crippen MR) is 55.2 cm³/mol. The highest BCUT2D eigenvalue weighted by Gasteiger charge is 2.12. The number of primary amides is 1. The minimum atomic E-state index is -0.649. The van der Waals surface area contributed by atoms with Crippen LogP contribution in [0, 0.1) is 0 Å². The molecule has 0 aliphatic heterocycles. The van der Waals surface area contributed by atoms with Crippen molar-refractivity contribution in [3.63, 3.8) is 0 Å². The second kappa shape index (κ2) is 8.66. The van der Waals surface area contributed by atoms with Crippen molar-refractivity contribution in [2.45, 2.75) is 38.1 Å². The number of hydrogen-bond donors (Lipinski definition) is 4. The number of nitrogens with two attached hydrogens (primary N) is 1. The lowest BCUT2D eigenvalue weighted by atomic mass is 10.1. The third-order valence-corrected chi connectivity index (χ3v) is 2.13. The molecule has 0 spiro atoms. The zero-order valence-corrected chi connectivity index (χ0v) is 8.94. The average Bonchev–Trinajstić information content (AvgIpc) is 2.26. The summed E-state index contributed by atoms with van der Waals surface area (Å²) in [5.41, 5.74) is 6.58. The molecule has 3 amide bonds. The molecular formula is C9H17N3O4. The summed E-state index contributed by atoms with van der Waals surface area (Å²) in [5, 5.41) is 10.5. The van der Waals surface area contributed by atoms with Crippen LogP contribution in [-0.2, 0) is 14.4 Å². The molecule has 0 unspecified atom stereocenters. The first kappa shape index (κ1) is 14.4. The Morgan fingerprint density at radius 2 is 2.00 bits per heavy atom. The average molecular weight is 231 g/mol. The zero-order chi connectivity index (χ0) is 12.4. The van der Waals surface area contributed by atoms with Gasteiger partial charge in [-0.05, 0) is 12.8 Å². The SMILES string of the molecule is NC(=O)[C@H](CCCCCC(=O)NO)NC=O. The number of amides is 3. The van der Waals surface area contributed by atoms with E-state index in [1.807, 2.05) is 0 Å². The molecule has 0 saturated heterocycles. The Morgan fingerprint density at radius 3 is 2.50 bits per heavy atom. The van der Waals surface area contributed by atoms with Crippen molar-refractivity contribution in [1.82, 2.24) is 10.8 Å². The van der Waals surface area contributed by atoms with E-state index in [1.54, 1.807) is 0 Å². The molecule has 7 heteroatoms. The molecular weight excluding hydrogens is 214 g/mol. The molecule has 0 rings (SSSR count). The molecule has 7 nitrogen and oxygen atoms in total. The molecule has 1 atom stereocenters. The number of carbonyl (C=O) groups is 3. The first-order valence-corrected chi connectivity index (χ1v) is 5.03. The van der Waals surface area contributed by atoms with Gasteiger partial charge in [0.2, 0.25) is 18.2 Å². The van der Waals surface area contributed by atoms with Crippen molar-refractivity contribution < 1.29 is 19.6 Å². The van der Waals surface area contributed by atoms with Crippen LogP contribution in [0.2, 0.25) is 0 Å². The lowest BCUT2D eigenvalue weighted by Gasteiger charge is -2.11. The standard InChI is InChI=1S/C9H17N3O4/c10-9(15)7(11-6-13)4-2-1-3-5-8(14)12-16/h6-7,16H,1-5H2,(H2,10,15)(H,11,13)(H,12,14)/t7-/m0/s1. The van der Waals surface area contributed by atoms with Crippen molar-refractivity contribution in [2.24, 2.45) is 5.73 Å². The minimum absolute atomic E-state index is 0.235. The molecule has 0 saturated carbocycles. The van der Waals surface area contributed by atoms with Gasteiger partial charge < -0.3 is 11.1 Å². The molecule has 0 aliphatic rings. The van der Waals surface area contributed by atoms with Gasteiger partial charge in [-0.1, -0.05) is 12.8 Å². The largest absolute Gasteiger partial charge is 0.368 e. The van der Waals surface area contributed by atoms with Crippen LogP contribution in [0.15, 0.2) is 0 Å². The normalized spacial score (nSPS) is 11.6. The fourth-order valence-electron chi connectivity index (χ4n) is 1.26. The molecule has 0 radical (unpaired) electrons. The summed E-state index contributed by atoms with van der Waals surface area (Å²) in [4.78, 5) is 31.6. The van der Waals surface area contributed by atoms with Crippen LogP contribution in [0.25, 0.3) is 0 Å². The topological polar surface area (TPSA) is 122 Å². The van der Waals surface area contributed by atoms with E-state index in [9.17, 15) is 14.4 Å². The molecule has 0 aliphatic carbocycles. The second-order valence-electron chi connectivity index (χ2n) is 3.37. The monoisotopic (exact) mass is 231 g/mol. The molecule has 0 heterocycles. The second-order valence-corrected chi connectivity index (χ2v) is 3.37. The van der Waals surface area contributed by atoms with Gasteiger partial charge in [0.15, 0.2) is 0 Å². The fourth-order valence-corrected chi connectivity index (χ4v) is 1.26. The summed E-state index contributed by atoms with van der Waals surface area (Å²) < 4.78 is 0. The Labute approximate surface area is 93.3 Å². The number of unbranched alkanes of at least 4 members (excludes halogenated alkanes) is 2. The Morgan fingerprint density at radius 1 is 1.31 bits per heavy atom. The maximum absolute atomic E-state index is 10.8. The van der Waals surface area contributed by atoms with Crippen molar-refractivity contribution >= 4 is 18.2 Å². The van der Waals surface area contributed by atoms with Crippen molar-refractivity contribution in [3.8, 4) is 0 Å². The molecule has 0 aromatic heterocycles. The lowest BCUT2D eigenvalue weighted by molar-refractivity contribution is -0.129. The van der Waals surface area contributed by atoms with Gasteiger partial charge in [-0.25, -0.2) is 5.48 Å². The maximum atomic E-state index is 10.8. The van der Waals surface area contributed by atoms with Gasteiger partial charge in [0, 0.05) is 6.42 Å². The summed E-state index contributed by atoms with van der Waals surface area (Å²) in [6, 6.07) is -0.649. The lowest BCUT2D eigenvalue weighted by Crippen LogP contribution is -2.40. The molecule has 0 bridgehead atoms. The van der Waals surface area contributed by atoms with Crippen molar-refractivity contribution in [3.05, 3.63) is 0 Å². The quantitative estimate of drug-likeness (QED) is 0.177. The van der Waals surface area contributed by atoms with Crippen LogP contribution in [-0.4, -0.2) is 29.5 Å². The first-order chi connectivity index (χ1) is 7.61. The predicted octanol–water partition coefficient (Wildman–Crippen LogP) is -0.958. The third-order valence-electron chi connectivity index (χ3n) is 2.13. The van der Waals surface area contributed by atoms with Gasteiger partial charge in [-0.2, -0.15) is 0 Å². The summed E-state index contributed by atoms with van der Waals surface area (Å²) in [6.45, 7) is 0. The smallest absolute Gasteiger partial charge is 0.243 e. The van der Waals surface area contributed by atoms with Crippen LogP contribution >= 0.6 is 0 Å². The van der Waals surface area contributed by atoms with Crippen molar-refractivity contribution in [1.29, 1.82) is 0 Å². The van der Waals surface area contributed by atoms with Gasteiger partial charge in [-0.15, -0.1) is 0 Å². The van der Waals surface area contributed by atoms with Gasteiger partial charge in [0.25, 0.3) is 0 Å². The number of rotatable bonds is 9. The molecule has 16 heavy (non-hydrogen) atoms. The Kier molecular flexibility index (Phi) is 7.78. The van der Waals surface area contributed by atoms with E-state index in [4.69, 9.17) is 10.9 Å². The Balaban J connectivity index is 3.58. The number of hydrogen-bond acceptors (Lipinski definition) is 4. The van der Waals surface area contributed by atoms with Crippen LogP contribution < -0.4 is 16.5 Å². The summed E-state index contributed by atoms with van der Waals surface area (Å²) in [5.74, 6) is -1.00. The van der Waals surface area contributed by atoms with Crippen LogP contribution in [0.1, 0.15) is 32.1 Å². The van der Waals surface area contributed by atoms with E-state index in [-0.39, 0.29) is 6.42 Å². The number of nitrogens with one attached hydrogen (secondary N) is 2. The van der Waals surface area contributed by atoms with Crippen LogP contribution in [0.5, 0.6) is 0 Å². The van der Waals surface area contributed by atoms with Crippen LogP contribution in [0.3, 0.4) is 0 Å². The molecule has 92 valence electrons. The van der Waals surface area contributed by atoms with E-state index in [2.05, 4.69) is 5.32 Å². The van der Waals surface area contributed by atoms with Gasteiger partial charge in [0.1, 0.15) is 6.04 Å².